The number of carbonyl (C=O) groups is 1. The van der Waals surface area contributed by atoms with Gasteiger partial charge in [-0.1, -0.05) is 43.7 Å². The maximum absolute atomic E-state index is 13.3. The Balaban J connectivity index is 2.01. The number of nitrogens with one attached hydrogen (secondary N) is 1. The normalized spacial score (nSPS) is 10.8. The summed E-state index contributed by atoms with van der Waals surface area (Å²) >= 11 is 0. The van der Waals surface area contributed by atoms with E-state index < -0.39 is 17.2 Å². The molecule has 3 rings (SSSR count). The molecule has 168 valence electrons. The maximum atomic E-state index is 13.3. The molecule has 0 spiro atoms. The Morgan fingerprint density at radius 3 is 2.50 bits per heavy atom. The molecule has 0 atom stereocenters. The van der Waals surface area contributed by atoms with Crippen LogP contribution in [0.3, 0.4) is 0 Å². The number of nitrogens with zero attached hydrogens (tertiary/aromatic N) is 4. The number of anilines is 2. The zero-order chi connectivity index (χ0) is 23.1. The van der Waals surface area contributed by atoms with Gasteiger partial charge in [0, 0.05) is 38.2 Å². The number of amides is 1. The zero-order valence-corrected chi connectivity index (χ0v) is 18.1. The number of unbranched alkanes of at least 4 members (excludes halogenated alkanes) is 1. The zero-order valence-electron chi connectivity index (χ0n) is 18.1. The van der Waals surface area contributed by atoms with Crippen LogP contribution in [0.1, 0.15) is 30.1 Å². The van der Waals surface area contributed by atoms with Crippen molar-refractivity contribution in [2.45, 2.75) is 26.3 Å². The van der Waals surface area contributed by atoms with Gasteiger partial charge in [0.25, 0.3) is 11.5 Å². The number of benzene rings is 1. The molecule has 3 N–H and O–H groups in total. The Morgan fingerprint density at radius 1 is 1.19 bits per heavy atom. The van der Waals surface area contributed by atoms with Crippen molar-refractivity contribution in [3.63, 3.8) is 0 Å². The monoisotopic (exact) mass is 438 g/mol. The number of hydrogen-bond donors (Lipinski definition) is 2. The first kappa shape index (κ1) is 22.9. The molecule has 0 unspecified atom stereocenters. The Kier molecular flexibility index (Phi) is 7.50. The molecule has 0 aliphatic carbocycles. The molecule has 0 fully saturated rings. The van der Waals surface area contributed by atoms with Crippen LogP contribution in [0.4, 0.5) is 11.5 Å². The number of methoxy groups -OCH3 is 1. The summed E-state index contributed by atoms with van der Waals surface area (Å²) in [6.07, 6.45) is 4.32. The van der Waals surface area contributed by atoms with Crippen molar-refractivity contribution >= 4 is 17.4 Å². The van der Waals surface area contributed by atoms with Crippen molar-refractivity contribution in [1.29, 1.82) is 0 Å². The van der Waals surface area contributed by atoms with Gasteiger partial charge in [-0.25, -0.2) is 14.8 Å². The minimum atomic E-state index is -0.744. The smallest absolute Gasteiger partial charge is 0.330 e. The fourth-order valence-electron chi connectivity index (χ4n) is 3.20. The first-order valence-corrected chi connectivity index (χ1v) is 10.3. The predicted octanol–water partition coefficient (Wildman–Crippen LogP) is 1.67. The number of ether oxygens (including phenoxy) is 1. The summed E-state index contributed by atoms with van der Waals surface area (Å²) in [5.74, 6) is -0.130. The first-order valence-electron chi connectivity index (χ1n) is 10.3. The fraction of sp³-hybridized carbons (Fsp3) is 0.318. The summed E-state index contributed by atoms with van der Waals surface area (Å²) in [5, 5.41) is 0. The number of rotatable bonds is 9. The maximum Gasteiger partial charge on any atom is 0.330 e. The third-order valence-electron chi connectivity index (χ3n) is 4.91. The lowest BCUT2D eigenvalue weighted by Crippen LogP contribution is -2.42. The summed E-state index contributed by atoms with van der Waals surface area (Å²) < 4.78 is 6.37. The van der Waals surface area contributed by atoms with Gasteiger partial charge in [0.1, 0.15) is 5.82 Å². The van der Waals surface area contributed by atoms with E-state index in [-0.39, 0.29) is 30.2 Å². The van der Waals surface area contributed by atoms with Crippen molar-refractivity contribution < 1.29 is 9.53 Å². The van der Waals surface area contributed by atoms with Crippen LogP contribution in [0.15, 0.2) is 52.3 Å². The topological polar surface area (TPSA) is 136 Å². The quantitative estimate of drug-likeness (QED) is 0.518. The van der Waals surface area contributed by atoms with E-state index in [1.807, 2.05) is 37.3 Å². The number of aromatic nitrogens is 4. The molecule has 2 aromatic heterocycles. The summed E-state index contributed by atoms with van der Waals surface area (Å²) in [7, 11) is 1.48. The SMILES string of the molecule is CCCCn1c(N)c(N(CCOC)C(=O)c2cnc(-c3ccccc3)nc2)c(=O)[nH]c1=O. The average Bonchev–Trinajstić information content (AvgIpc) is 2.81. The lowest BCUT2D eigenvalue weighted by atomic mass is 10.2. The van der Waals surface area contributed by atoms with Gasteiger partial charge in [-0.05, 0) is 6.42 Å². The Hall–Kier alpha value is -3.79. The molecule has 32 heavy (non-hydrogen) atoms. The van der Waals surface area contributed by atoms with Crippen LogP contribution < -0.4 is 21.9 Å². The lowest BCUT2D eigenvalue weighted by molar-refractivity contribution is 0.0975. The number of H-pyrrole nitrogens is 1. The van der Waals surface area contributed by atoms with E-state index in [9.17, 15) is 14.4 Å². The number of carbonyl (C=O) groups excluding carboxylic acids is 1. The van der Waals surface area contributed by atoms with Gasteiger partial charge in [0.15, 0.2) is 11.5 Å². The summed E-state index contributed by atoms with van der Waals surface area (Å²) in [6.45, 7) is 2.50. The first-order chi connectivity index (χ1) is 15.5. The van der Waals surface area contributed by atoms with Crippen molar-refractivity contribution in [3.05, 3.63) is 69.1 Å². The van der Waals surface area contributed by atoms with E-state index in [1.165, 1.54) is 29.0 Å². The second-order valence-corrected chi connectivity index (χ2v) is 7.11. The van der Waals surface area contributed by atoms with Crippen LogP contribution in [0.5, 0.6) is 0 Å². The summed E-state index contributed by atoms with van der Waals surface area (Å²) in [5.41, 5.74) is 5.72. The molecule has 1 amide bonds. The Labute approximate surface area is 184 Å². The highest BCUT2D eigenvalue weighted by atomic mass is 16.5. The van der Waals surface area contributed by atoms with Gasteiger partial charge in [0.2, 0.25) is 0 Å². The fourth-order valence-corrected chi connectivity index (χ4v) is 3.20. The molecule has 1 aromatic carbocycles. The van der Waals surface area contributed by atoms with Crippen LogP contribution in [0, 0.1) is 0 Å². The minimum absolute atomic E-state index is 0.0506. The molecule has 0 aliphatic heterocycles. The average molecular weight is 438 g/mol. The van der Waals surface area contributed by atoms with Gasteiger partial charge < -0.3 is 10.5 Å². The highest BCUT2D eigenvalue weighted by molar-refractivity contribution is 6.07. The molecule has 3 aromatic rings. The van der Waals surface area contributed by atoms with E-state index in [4.69, 9.17) is 10.5 Å². The van der Waals surface area contributed by atoms with Crippen LogP contribution >= 0.6 is 0 Å². The molecule has 2 heterocycles. The number of hydrogen-bond acceptors (Lipinski definition) is 7. The predicted molar refractivity (Wildman–Crippen MR) is 122 cm³/mol. The van der Waals surface area contributed by atoms with Crippen LogP contribution in [-0.2, 0) is 11.3 Å². The molecule has 0 bridgehead atoms. The van der Waals surface area contributed by atoms with Crippen LogP contribution in [0.2, 0.25) is 0 Å². The molecular formula is C22H26N6O4. The van der Waals surface area contributed by atoms with Gasteiger partial charge in [0.05, 0.1) is 12.2 Å². The largest absolute Gasteiger partial charge is 0.383 e. The number of nitrogens with two attached hydrogens (primary N) is 1. The minimum Gasteiger partial charge on any atom is -0.383 e. The molecular weight excluding hydrogens is 412 g/mol. The van der Waals surface area contributed by atoms with Crippen molar-refractivity contribution in [2.75, 3.05) is 30.9 Å². The van der Waals surface area contributed by atoms with E-state index in [1.54, 1.807) is 0 Å². The van der Waals surface area contributed by atoms with E-state index in [2.05, 4.69) is 15.0 Å². The standard InChI is InChI=1S/C22H26N6O4/c1-3-4-10-28-18(23)17(20(29)26-22(28)31)27(11-12-32-2)21(30)16-13-24-19(25-14-16)15-8-6-5-7-9-15/h5-9,13-14H,3-4,10-12,23H2,1-2H3,(H,26,29,31). The highest BCUT2D eigenvalue weighted by Gasteiger charge is 2.25. The van der Waals surface area contributed by atoms with Gasteiger partial charge in [-0.2, -0.15) is 0 Å². The Bertz CT molecular complexity index is 1170. The molecule has 10 nitrogen and oxygen atoms in total. The van der Waals surface area contributed by atoms with E-state index in [0.29, 0.717) is 18.8 Å². The number of nitrogen functional groups attached to an aromatic ring is 1. The van der Waals surface area contributed by atoms with E-state index >= 15 is 0 Å². The summed E-state index contributed by atoms with van der Waals surface area (Å²) in [6, 6.07) is 9.35. The molecule has 0 saturated heterocycles. The number of aromatic amines is 1. The second-order valence-electron chi connectivity index (χ2n) is 7.11. The van der Waals surface area contributed by atoms with Crippen LogP contribution in [0.25, 0.3) is 11.4 Å². The van der Waals surface area contributed by atoms with Gasteiger partial charge >= 0.3 is 5.69 Å². The molecule has 0 aliphatic rings. The van der Waals surface area contributed by atoms with Crippen molar-refractivity contribution in [3.8, 4) is 11.4 Å². The van der Waals surface area contributed by atoms with Gasteiger partial charge in [-0.15, -0.1) is 0 Å². The lowest BCUT2D eigenvalue weighted by Gasteiger charge is -2.24. The van der Waals surface area contributed by atoms with E-state index in [0.717, 1.165) is 12.0 Å². The Morgan fingerprint density at radius 2 is 1.88 bits per heavy atom. The second kappa shape index (κ2) is 10.5. The van der Waals surface area contributed by atoms with Crippen molar-refractivity contribution in [2.24, 2.45) is 0 Å². The summed E-state index contributed by atoms with van der Waals surface area (Å²) in [4.78, 5) is 50.2. The van der Waals surface area contributed by atoms with Crippen molar-refractivity contribution in [1.82, 2.24) is 19.5 Å². The molecule has 0 radical (unpaired) electrons. The third-order valence-corrected chi connectivity index (χ3v) is 4.91. The van der Waals surface area contributed by atoms with Crippen LogP contribution in [-0.4, -0.2) is 45.7 Å². The molecule has 10 heteroatoms. The van der Waals surface area contributed by atoms with Gasteiger partial charge in [-0.3, -0.25) is 24.0 Å². The molecule has 0 saturated carbocycles. The highest BCUT2D eigenvalue weighted by Crippen LogP contribution is 2.20. The third kappa shape index (κ3) is 4.92.